The van der Waals surface area contributed by atoms with Crippen LogP contribution in [0.15, 0.2) is 41.9 Å². The molecular formula is C16H14N2O2S. The Balaban J connectivity index is 1.84. The van der Waals surface area contributed by atoms with Gasteiger partial charge in [-0.2, -0.15) is 0 Å². The lowest BCUT2D eigenvalue weighted by Crippen LogP contribution is -1.92. The van der Waals surface area contributed by atoms with Crippen LogP contribution in [0.1, 0.15) is 16.3 Å². The SMILES string of the molecule is Cc1ccnc(Cc2nc(-c3ccc(O)c(O)c3)cs2)c1. The second-order valence-corrected chi connectivity index (χ2v) is 5.77. The minimum atomic E-state index is -0.137. The van der Waals surface area contributed by atoms with Crippen molar-refractivity contribution >= 4 is 11.3 Å². The summed E-state index contributed by atoms with van der Waals surface area (Å²) < 4.78 is 0. The molecule has 2 aromatic heterocycles. The Morgan fingerprint density at radius 2 is 1.95 bits per heavy atom. The van der Waals surface area contributed by atoms with Crippen LogP contribution in [0.25, 0.3) is 11.3 Å². The standard InChI is InChI=1S/C16H14N2O2S/c1-10-4-5-17-12(6-10)8-16-18-13(9-21-16)11-2-3-14(19)15(20)7-11/h2-7,9,19-20H,8H2,1H3. The number of pyridine rings is 1. The number of aromatic nitrogens is 2. The summed E-state index contributed by atoms with van der Waals surface area (Å²) in [6.07, 6.45) is 2.49. The van der Waals surface area contributed by atoms with E-state index in [0.717, 1.165) is 22.0 Å². The first-order valence-corrected chi connectivity index (χ1v) is 7.38. The molecule has 2 heterocycles. The second kappa shape index (κ2) is 5.54. The topological polar surface area (TPSA) is 66.2 Å². The van der Waals surface area contributed by atoms with Crippen molar-refractivity contribution in [2.75, 3.05) is 0 Å². The molecule has 0 aliphatic heterocycles. The summed E-state index contributed by atoms with van der Waals surface area (Å²) >= 11 is 1.56. The van der Waals surface area contributed by atoms with Gasteiger partial charge in [0.1, 0.15) is 0 Å². The number of aromatic hydroxyl groups is 2. The number of aryl methyl sites for hydroxylation is 1. The molecule has 0 spiro atoms. The molecule has 0 radical (unpaired) electrons. The molecule has 5 heteroatoms. The maximum atomic E-state index is 9.55. The van der Waals surface area contributed by atoms with Crippen LogP contribution in [0.4, 0.5) is 0 Å². The molecule has 0 aliphatic carbocycles. The lowest BCUT2D eigenvalue weighted by molar-refractivity contribution is 0.404. The number of benzene rings is 1. The first kappa shape index (κ1) is 13.6. The molecule has 0 atom stereocenters. The molecule has 0 saturated heterocycles. The molecule has 2 N–H and O–H groups in total. The zero-order chi connectivity index (χ0) is 14.8. The predicted octanol–water partition coefficient (Wildman–Crippen LogP) is 3.52. The lowest BCUT2D eigenvalue weighted by Gasteiger charge is -2.00. The van der Waals surface area contributed by atoms with Crippen molar-refractivity contribution < 1.29 is 10.2 Å². The fourth-order valence-electron chi connectivity index (χ4n) is 2.06. The van der Waals surface area contributed by atoms with E-state index in [9.17, 15) is 10.2 Å². The predicted molar refractivity (Wildman–Crippen MR) is 82.7 cm³/mol. The highest BCUT2D eigenvalue weighted by Gasteiger charge is 2.08. The van der Waals surface area contributed by atoms with Gasteiger partial charge in [0, 0.05) is 29.3 Å². The summed E-state index contributed by atoms with van der Waals surface area (Å²) in [6.45, 7) is 2.04. The van der Waals surface area contributed by atoms with Crippen LogP contribution >= 0.6 is 11.3 Å². The smallest absolute Gasteiger partial charge is 0.158 e. The van der Waals surface area contributed by atoms with Crippen molar-refractivity contribution in [3.63, 3.8) is 0 Å². The Morgan fingerprint density at radius 3 is 2.71 bits per heavy atom. The summed E-state index contributed by atoms with van der Waals surface area (Å²) in [4.78, 5) is 8.90. The van der Waals surface area contributed by atoms with Gasteiger partial charge in [-0.3, -0.25) is 4.98 Å². The van der Waals surface area contributed by atoms with Crippen molar-refractivity contribution in [2.45, 2.75) is 13.3 Å². The van der Waals surface area contributed by atoms with Gasteiger partial charge in [0.05, 0.1) is 10.7 Å². The van der Waals surface area contributed by atoms with Crippen LogP contribution in [0.3, 0.4) is 0 Å². The van der Waals surface area contributed by atoms with Gasteiger partial charge >= 0.3 is 0 Å². The van der Waals surface area contributed by atoms with Crippen LogP contribution in [0.2, 0.25) is 0 Å². The van der Waals surface area contributed by atoms with Gasteiger partial charge in [0.15, 0.2) is 11.5 Å². The van der Waals surface area contributed by atoms with E-state index in [2.05, 4.69) is 9.97 Å². The van der Waals surface area contributed by atoms with Gasteiger partial charge in [0.2, 0.25) is 0 Å². The molecule has 1 aromatic carbocycles. The van der Waals surface area contributed by atoms with Gasteiger partial charge in [-0.25, -0.2) is 4.98 Å². The van der Waals surface area contributed by atoms with E-state index in [1.165, 1.54) is 17.7 Å². The third kappa shape index (κ3) is 3.03. The van der Waals surface area contributed by atoms with Crippen molar-refractivity contribution in [3.8, 4) is 22.8 Å². The number of thiazole rings is 1. The number of phenols is 2. The van der Waals surface area contributed by atoms with Crippen molar-refractivity contribution in [1.82, 2.24) is 9.97 Å². The number of nitrogens with zero attached hydrogens (tertiary/aromatic N) is 2. The Kier molecular flexibility index (Phi) is 3.58. The maximum Gasteiger partial charge on any atom is 0.158 e. The Labute approximate surface area is 126 Å². The van der Waals surface area contributed by atoms with Crippen LogP contribution in [0, 0.1) is 6.92 Å². The number of phenolic OH excluding ortho intramolecular Hbond substituents is 2. The summed E-state index contributed by atoms with van der Waals surface area (Å²) in [5.74, 6) is -0.263. The molecule has 0 saturated carbocycles. The highest BCUT2D eigenvalue weighted by molar-refractivity contribution is 7.10. The fraction of sp³-hybridized carbons (Fsp3) is 0.125. The molecule has 0 aliphatic rings. The first-order chi connectivity index (χ1) is 10.1. The van der Waals surface area contributed by atoms with Gasteiger partial charge in [0.25, 0.3) is 0 Å². The van der Waals surface area contributed by atoms with Crippen molar-refractivity contribution in [3.05, 3.63) is 58.2 Å². The average molecular weight is 298 g/mol. The Hall–Kier alpha value is -2.40. The molecule has 0 amide bonds. The largest absolute Gasteiger partial charge is 0.504 e. The molecule has 3 aromatic rings. The van der Waals surface area contributed by atoms with Crippen molar-refractivity contribution in [2.24, 2.45) is 0 Å². The van der Waals surface area contributed by atoms with E-state index >= 15 is 0 Å². The summed E-state index contributed by atoms with van der Waals surface area (Å²) in [5, 5.41) is 21.8. The summed E-state index contributed by atoms with van der Waals surface area (Å²) in [7, 11) is 0. The third-order valence-corrected chi connectivity index (χ3v) is 3.98. The molecule has 0 fully saturated rings. The van der Waals surface area contributed by atoms with Gasteiger partial charge in [-0.15, -0.1) is 11.3 Å². The molecular weight excluding hydrogens is 284 g/mol. The molecule has 0 unspecified atom stereocenters. The van der Waals surface area contributed by atoms with E-state index in [0.29, 0.717) is 6.42 Å². The van der Waals surface area contributed by atoms with Crippen LogP contribution in [0.5, 0.6) is 11.5 Å². The van der Waals surface area contributed by atoms with Crippen LogP contribution in [-0.4, -0.2) is 20.2 Å². The highest BCUT2D eigenvalue weighted by Crippen LogP contribution is 2.31. The van der Waals surface area contributed by atoms with E-state index < -0.39 is 0 Å². The lowest BCUT2D eigenvalue weighted by atomic mass is 10.1. The zero-order valence-electron chi connectivity index (χ0n) is 11.4. The minimum absolute atomic E-state index is 0.127. The van der Waals surface area contributed by atoms with Gasteiger partial charge < -0.3 is 10.2 Å². The molecule has 3 rings (SSSR count). The molecule has 0 bridgehead atoms. The van der Waals surface area contributed by atoms with E-state index in [1.807, 2.05) is 24.4 Å². The van der Waals surface area contributed by atoms with E-state index in [-0.39, 0.29) is 11.5 Å². The maximum absolute atomic E-state index is 9.55. The van der Waals surface area contributed by atoms with Gasteiger partial charge in [-0.1, -0.05) is 0 Å². The minimum Gasteiger partial charge on any atom is -0.504 e. The summed E-state index contributed by atoms with van der Waals surface area (Å²) in [6, 6.07) is 8.73. The molecule has 4 nitrogen and oxygen atoms in total. The first-order valence-electron chi connectivity index (χ1n) is 6.50. The van der Waals surface area contributed by atoms with Crippen molar-refractivity contribution in [1.29, 1.82) is 0 Å². The fourth-order valence-corrected chi connectivity index (χ4v) is 2.88. The van der Waals surface area contributed by atoms with E-state index in [4.69, 9.17) is 0 Å². The average Bonchev–Trinajstić information content (AvgIpc) is 2.90. The second-order valence-electron chi connectivity index (χ2n) is 4.83. The van der Waals surface area contributed by atoms with Gasteiger partial charge in [-0.05, 0) is 42.8 Å². The quantitative estimate of drug-likeness (QED) is 0.726. The van der Waals surface area contributed by atoms with Crippen LogP contribution < -0.4 is 0 Å². The third-order valence-electron chi connectivity index (χ3n) is 3.13. The number of hydrogen-bond donors (Lipinski definition) is 2. The Morgan fingerprint density at radius 1 is 1.10 bits per heavy atom. The summed E-state index contributed by atoms with van der Waals surface area (Å²) in [5.41, 5.74) is 3.74. The Bertz CT molecular complexity index is 783. The van der Waals surface area contributed by atoms with Crippen LogP contribution in [-0.2, 0) is 6.42 Å². The zero-order valence-corrected chi connectivity index (χ0v) is 12.3. The normalized spacial score (nSPS) is 10.7. The monoisotopic (exact) mass is 298 g/mol. The number of hydrogen-bond acceptors (Lipinski definition) is 5. The van der Waals surface area contributed by atoms with E-state index in [1.54, 1.807) is 23.6 Å². The molecule has 106 valence electrons. The number of rotatable bonds is 3. The molecule has 21 heavy (non-hydrogen) atoms. The highest BCUT2D eigenvalue weighted by atomic mass is 32.1.